The summed E-state index contributed by atoms with van der Waals surface area (Å²) in [5, 5.41) is 3.77. The van der Waals surface area contributed by atoms with Gasteiger partial charge in [0.15, 0.2) is 0 Å². The van der Waals surface area contributed by atoms with Crippen molar-refractivity contribution in [3.8, 4) is 11.1 Å². The first kappa shape index (κ1) is 16.9. The van der Waals surface area contributed by atoms with Crippen LogP contribution in [0.15, 0.2) is 47.6 Å². The highest BCUT2D eigenvalue weighted by Crippen LogP contribution is 2.38. The number of benzene rings is 2. The lowest BCUT2D eigenvalue weighted by molar-refractivity contribution is -0.137. The number of halogens is 4. The minimum atomic E-state index is -4.62. The summed E-state index contributed by atoms with van der Waals surface area (Å²) >= 11 is 0. The van der Waals surface area contributed by atoms with Crippen molar-refractivity contribution < 1.29 is 27.1 Å². The van der Waals surface area contributed by atoms with Gasteiger partial charge < -0.3 is 4.74 Å². The summed E-state index contributed by atoms with van der Waals surface area (Å²) in [5.41, 5.74) is 1.70. The molecule has 3 rings (SSSR count). The molecule has 0 saturated heterocycles. The van der Waals surface area contributed by atoms with Crippen molar-refractivity contribution >= 4 is 11.8 Å². The third kappa shape index (κ3) is 3.47. The van der Waals surface area contributed by atoms with Crippen molar-refractivity contribution in [1.82, 2.24) is 5.43 Å². The number of carbonyl (C=O) groups excluding carboxylic acids is 1. The van der Waals surface area contributed by atoms with Gasteiger partial charge in [-0.15, -0.1) is 0 Å². The van der Waals surface area contributed by atoms with Crippen molar-refractivity contribution in [2.24, 2.45) is 5.10 Å². The number of hydrogen-bond acceptors (Lipinski definition) is 3. The molecule has 0 fully saturated rings. The zero-order valence-corrected chi connectivity index (χ0v) is 12.9. The van der Waals surface area contributed by atoms with Gasteiger partial charge in [0, 0.05) is 5.56 Å². The molecule has 25 heavy (non-hydrogen) atoms. The van der Waals surface area contributed by atoms with Gasteiger partial charge in [0.05, 0.1) is 5.56 Å². The van der Waals surface area contributed by atoms with Crippen LogP contribution in [0.3, 0.4) is 0 Å². The van der Waals surface area contributed by atoms with Crippen LogP contribution >= 0.6 is 0 Å². The van der Waals surface area contributed by atoms with E-state index in [1.165, 1.54) is 31.2 Å². The van der Waals surface area contributed by atoms with E-state index < -0.39 is 29.8 Å². The molecule has 2 aromatic rings. The van der Waals surface area contributed by atoms with E-state index >= 15 is 0 Å². The Morgan fingerprint density at radius 1 is 1.08 bits per heavy atom. The quantitative estimate of drug-likeness (QED) is 0.818. The number of rotatable bonds is 2. The van der Waals surface area contributed by atoms with Crippen molar-refractivity contribution in [3.05, 3.63) is 59.4 Å². The molecule has 130 valence electrons. The van der Waals surface area contributed by atoms with Gasteiger partial charge in [-0.25, -0.2) is 14.6 Å². The molecular weight excluding hydrogens is 340 g/mol. The van der Waals surface area contributed by atoms with Gasteiger partial charge >= 0.3 is 12.3 Å². The molecular formula is C17H12F4N2O2. The Morgan fingerprint density at radius 2 is 1.72 bits per heavy atom. The van der Waals surface area contributed by atoms with Crippen LogP contribution in [0.4, 0.5) is 22.4 Å². The Hall–Kier alpha value is -2.90. The lowest BCUT2D eigenvalue weighted by Crippen LogP contribution is -2.37. The van der Waals surface area contributed by atoms with Crippen LogP contribution in [0, 0.1) is 5.82 Å². The summed E-state index contributed by atoms with van der Waals surface area (Å²) < 4.78 is 58.4. The van der Waals surface area contributed by atoms with E-state index in [-0.39, 0.29) is 22.4 Å². The van der Waals surface area contributed by atoms with Crippen LogP contribution in [0.25, 0.3) is 11.1 Å². The second-order valence-corrected chi connectivity index (χ2v) is 5.42. The third-order valence-electron chi connectivity index (χ3n) is 3.71. The number of ether oxygens (including phenoxy) is 1. The Bertz CT molecular complexity index is 845. The zero-order valence-electron chi connectivity index (χ0n) is 12.9. The summed E-state index contributed by atoms with van der Waals surface area (Å²) in [6.45, 7) is 1.51. The van der Waals surface area contributed by atoms with Gasteiger partial charge in [-0.1, -0.05) is 24.3 Å². The first-order chi connectivity index (χ1) is 11.8. The fourth-order valence-electron chi connectivity index (χ4n) is 2.56. The van der Waals surface area contributed by atoms with Gasteiger partial charge in [-0.2, -0.15) is 18.3 Å². The van der Waals surface area contributed by atoms with Gasteiger partial charge in [-0.3, -0.25) is 0 Å². The SMILES string of the molecule is CC1OC(=O)NN=C1c1ccc(-c2ccc(F)cc2)c(C(F)(F)F)c1. The minimum Gasteiger partial charge on any atom is -0.439 e. The Morgan fingerprint density at radius 3 is 2.32 bits per heavy atom. The number of alkyl halides is 3. The van der Waals surface area contributed by atoms with Crippen molar-refractivity contribution in [2.75, 3.05) is 0 Å². The number of amides is 1. The lowest BCUT2D eigenvalue weighted by Gasteiger charge is -2.21. The second kappa shape index (κ2) is 6.19. The maximum atomic E-state index is 13.5. The molecule has 1 heterocycles. The molecule has 1 amide bonds. The van der Waals surface area contributed by atoms with Crippen molar-refractivity contribution in [3.63, 3.8) is 0 Å². The summed E-state index contributed by atoms with van der Waals surface area (Å²) in [5.74, 6) is -0.535. The summed E-state index contributed by atoms with van der Waals surface area (Å²) in [6.07, 6.45) is -6.18. The molecule has 0 bridgehead atoms. The van der Waals surface area contributed by atoms with E-state index in [0.717, 1.165) is 18.2 Å². The molecule has 0 radical (unpaired) electrons. The van der Waals surface area contributed by atoms with Gasteiger partial charge in [0.2, 0.25) is 0 Å². The van der Waals surface area contributed by atoms with Gasteiger partial charge in [0.1, 0.15) is 17.6 Å². The molecule has 1 atom stereocenters. The van der Waals surface area contributed by atoms with E-state index in [4.69, 9.17) is 4.74 Å². The number of nitrogens with one attached hydrogen (secondary N) is 1. The maximum absolute atomic E-state index is 13.5. The molecule has 1 N–H and O–H groups in total. The highest BCUT2D eigenvalue weighted by atomic mass is 19.4. The normalized spacial score (nSPS) is 17.6. The molecule has 4 nitrogen and oxygen atoms in total. The Balaban J connectivity index is 2.10. The average molecular weight is 352 g/mol. The summed E-state index contributed by atoms with van der Waals surface area (Å²) in [4.78, 5) is 11.1. The molecule has 8 heteroatoms. The third-order valence-corrected chi connectivity index (χ3v) is 3.71. The predicted molar refractivity (Wildman–Crippen MR) is 82.5 cm³/mol. The zero-order chi connectivity index (χ0) is 18.2. The number of hydrogen-bond donors (Lipinski definition) is 1. The van der Waals surface area contributed by atoms with Crippen LogP contribution in [-0.2, 0) is 10.9 Å². The number of carbonyl (C=O) groups is 1. The van der Waals surface area contributed by atoms with Crippen molar-refractivity contribution in [1.29, 1.82) is 0 Å². The van der Waals surface area contributed by atoms with E-state index in [1.54, 1.807) is 0 Å². The van der Waals surface area contributed by atoms with Crippen LogP contribution in [-0.4, -0.2) is 17.9 Å². The minimum absolute atomic E-state index is 0.0785. The van der Waals surface area contributed by atoms with E-state index in [9.17, 15) is 22.4 Å². The molecule has 0 saturated carbocycles. The standard InChI is InChI=1S/C17H12F4N2O2/c1-9-15(22-23-16(24)25-9)11-4-7-13(14(8-11)17(19,20)21)10-2-5-12(18)6-3-10/h2-9H,1H3,(H,23,24). The fourth-order valence-corrected chi connectivity index (χ4v) is 2.56. The highest BCUT2D eigenvalue weighted by Gasteiger charge is 2.35. The van der Waals surface area contributed by atoms with Crippen molar-refractivity contribution in [2.45, 2.75) is 19.2 Å². The average Bonchev–Trinajstić information content (AvgIpc) is 2.54. The lowest BCUT2D eigenvalue weighted by atomic mass is 9.94. The molecule has 0 spiro atoms. The van der Waals surface area contributed by atoms with E-state index in [0.29, 0.717) is 0 Å². The molecule has 1 unspecified atom stereocenters. The predicted octanol–water partition coefficient (Wildman–Crippen LogP) is 4.34. The maximum Gasteiger partial charge on any atom is 0.428 e. The Labute approximate surface area is 140 Å². The number of nitrogens with zero attached hydrogens (tertiary/aromatic N) is 1. The smallest absolute Gasteiger partial charge is 0.428 e. The van der Waals surface area contributed by atoms with Crippen LogP contribution in [0.5, 0.6) is 0 Å². The topological polar surface area (TPSA) is 50.7 Å². The van der Waals surface area contributed by atoms with Crippen LogP contribution in [0.2, 0.25) is 0 Å². The van der Waals surface area contributed by atoms with Gasteiger partial charge in [0.25, 0.3) is 0 Å². The largest absolute Gasteiger partial charge is 0.439 e. The first-order valence-electron chi connectivity index (χ1n) is 7.27. The molecule has 0 aliphatic carbocycles. The molecule has 0 aromatic heterocycles. The molecule has 1 aliphatic rings. The van der Waals surface area contributed by atoms with Gasteiger partial charge in [-0.05, 0) is 36.2 Å². The molecule has 1 aliphatic heterocycles. The monoisotopic (exact) mass is 352 g/mol. The van der Waals surface area contributed by atoms with E-state index in [2.05, 4.69) is 10.5 Å². The fraction of sp³-hybridized carbons (Fsp3) is 0.176. The van der Waals surface area contributed by atoms with Crippen LogP contribution in [0.1, 0.15) is 18.1 Å². The van der Waals surface area contributed by atoms with E-state index in [1.807, 2.05) is 0 Å². The van der Waals surface area contributed by atoms with Crippen LogP contribution < -0.4 is 5.43 Å². The number of hydrazone groups is 1. The Kier molecular flexibility index (Phi) is 4.20. The number of cyclic esters (lactones) is 1. The first-order valence-corrected chi connectivity index (χ1v) is 7.27. The molecule has 2 aromatic carbocycles. The second-order valence-electron chi connectivity index (χ2n) is 5.42. The summed E-state index contributed by atoms with van der Waals surface area (Å²) in [7, 11) is 0. The summed E-state index contributed by atoms with van der Waals surface area (Å²) in [6, 6.07) is 8.43. The highest BCUT2D eigenvalue weighted by molar-refractivity contribution is 6.06.